The Morgan fingerprint density at radius 2 is 2.44 bits per heavy atom. The minimum Gasteiger partial charge on any atom is -0.512 e. The number of allylic oxidation sites excluding steroid dienone is 2. The third-order valence-electron chi connectivity index (χ3n) is 0.734. The predicted octanol–water partition coefficient (Wildman–Crippen LogP) is 2.08. The summed E-state index contributed by atoms with van der Waals surface area (Å²) in [5.41, 5.74) is 0. The molecule has 0 aliphatic carbocycles. The largest absolute Gasteiger partial charge is 0.512 e. The van der Waals surface area contributed by atoms with Crippen LogP contribution in [0, 0.1) is 11.8 Å². The van der Waals surface area contributed by atoms with Gasteiger partial charge in [0.15, 0.2) is 0 Å². The maximum Gasteiger partial charge on any atom is 0.102 e. The van der Waals surface area contributed by atoms with Gasteiger partial charge in [0.05, 0.1) is 0 Å². The number of aliphatic hydroxyl groups is 1. The van der Waals surface area contributed by atoms with Crippen LogP contribution in [0.5, 0.6) is 0 Å². The van der Waals surface area contributed by atoms with Gasteiger partial charge in [-0.15, -0.1) is 17.5 Å². The van der Waals surface area contributed by atoms with Crippen LogP contribution in [0.1, 0.15) is 13.3 Å². The number of hydrogen-bond acceptors (Lipinski definition) is 1. The van der Waals surface area contributed by atoms with Gasteiger partial charge in [-0.1, -0.05) is 5.92 Å². The highest BCUT2D eigenvalue weighted by Gasteiger charge is 1.86. The van der Waals surface area contributed by atoms with Crippen LogP contribution in [-0.4, -0.2) is 11.0 Å². The molecule has 0 unspecified atom stereocenters. The lowest BCUT2D eigenvalue weighted by Crippen LogP contribution is -1.80. The normalized spacial score (nSPS) is 10.2. The lowest BCUT2D eigenvalue weighted by Gasteiger charge is -1.88. The van der Waals surface area contributed by atoms with Crippen LogP contribution < -0.4 is 0 Å². The van der Waals surface area contributed by atoms with Gasteiger partial charge >= 0.3 is 0 Å². The lowest BCUT2D eigenvalue weighted by molar-refractivity contribution is 0.396. The monoisotopic (exact) mass is 144 g/mol. The van der Waals surface area contributed by atoms with Gasteiger partial charge in [-0.3, -0.25) is 0 Å². The van der Waals surface area contributed by atoms with Crippen LogP contribution in [0.3, 0.4) is 0 Å². The van der Waals surface area contributed by atoms with Gasteiger partial charge in [-0.25, -0.2) is 0 Å². The molecule has 0 amide bonds. The molecular weight excluding hydrogens is 136 g/mol. The second kappa shape index (κ2) is 5.53. The van der Waals surface area contributed by atoms with Gasteiger partial charge < -0.3 is 5.11 Å². The quantitative estimate of drug-likeness (QED) is 0.358. The molecular formula is C7H9ClO. The summed E-state index contributed by atoms with van der Waals surface area (Å²) in [6, 6.07) is 0. The van der Waals surface area contributed by atoms with Crippen molar-refractivity contribution in [1.82, 2.24) is 0 Å². The Morgan fingerprint density at radius 1 is 1.78 bits per heavy atom. The van der Waals surface area contributed by atoms with Gasteiger partial charge in [-0.05, 0) is 6.92 Å². The summed E-state index contributed by atoms with van der Waals surface area (Å²) in [4.78, 5) is 0. The van der Waals surface area contributed by atoms with E-state index < -0.39 is 0 Å². The van der Waals surface area contributed by atoms with E-state index in [1.165, 1.54) is 6.08 Å². The highest BCUT2D eigenvalue weighted by molar-refractivity contribution is 6.17. The number of hydrogen-bond donors (Lipinski definition) is 1. The van der Waals surface area contributed by atoms with Gasteiger partial charge in [0.1, 0.15) is 5.76 Å². The first-order chi connectivity index (χ1) is 4.31. The zero-order valence-corrected chi connectivity index (χ0v) is 6.07. The van der Waals surface area contributed by atoms with E-state index in [0.29, 0.717) is 12.3 Å². The molecule has 0 fully saturated rings. The molecule has 9 heavy (non-hydrogen) atoms. The van der Waals surface area contributed by atoms with Crippen molar-refractivity contribution >= 4 is 11.6 Å². The second-order valence-corrected chi connectivity index (χ2v) is 1.85. The average molecular weight is 145 g/mol. The zero-order chi connectivity index (χ0) is 7.11. The van der Waals surface area contributed by atoms with E-state index >= 15 is 0 Å². The van der Waals surface area contributed by atoms with Gasteiger partial charge in [0.25, 0.3) is 0 Å². The van der Waals surface area contributed by atoms with Crippen molar-refractivity contribution in [2.75, 3.05) is 5.88 Å². The molecule has 0 aromatic rings. The van der Waals surface area contributed by atoms with Crippen LogP contribution >= 0.6 is 11.6 Å². The van der Waals surface area contributed by atoms with E-state index in [-0.39, 0.29) is 5.76 Å². The topological polar surface area (TPSA) is 20.2 Å². The maximum atomic E-state index is 8.85. The highest BCUT2D eigenvalue weighted by Crippen LogP contribution is 1.95. The number of aliphatic hydroxyl groups excluding tert-OH is 1. The average Bonchev–Trinajstić information content (AvgIpc) is 1.85. The molecule has 50 valence electrons. The molecule has 0 aliphatic rings. The fraction of sp³-hybridized carbons (Fsp3) is 0.429. The molecule has 1 nitrogen and oxygen atoms in total. The molecule has 0 aliphatic heterocycles. The maximum absolute atomic E-state index is 8.85. The van der Waals surface area contributed by atoms with Gasteiger partial charge in [0.2, 0.25) is 0 Å². The fourth-order valence-corrected chi connectivity index (χ4v) is 0.518. The fourth-order valence-electron chi connectivity index (χ4n) is 0.324. The summed E-state index contributed by atoms with van der Waals surface area (Å²) in [5, 5.41) is 8.85. The van der Waals surface area contributed by atoms with E-state index in [4.69, 9.17) is 16.7 Å². The highest BCUT2D eigenvalue weighted by atomic mass is 35.5. The smallest absolute Gasteiger partial charge is 0.102 e. The molecule has 1 N–H and O–H groups in total. The summed E-state index contributed by atoms with van der Waals surface area (Å²) in [6.45, 7) is 1.71. The molecule has 0 heterocycles. The minimum atomic E-state index is 0.249. The van der Waals surface area contributed by atoms with Crippen molar-refractivity contribution < 1.29 is 5.11 Å². The Bertz CT molecular complexity index is 150. The third-order valence-corrected chi connectivity index (χ3v) is 0.923. The van der Waals surface area contributed by atoms with Crippen molar-refractivity contribution in [2.24, 2.45) is 0 Å². The van der Waals surface area contributed by atoms with Crippen molar-refractivity contribution in [3.63, 3.8) is 0 Å². The Hall–Kier alpha value is -0.610. The molecule has 0 bridgehead atoms. The summed E-state index contributed by atoms with van der Waals surface area (Å²) in [6.07, 6.45) is 1.96. The predicted molar refractivity (Wildman–Crippen MR) is 39.5 cm³/mol. The van der Waals surface area contributed by atoms with Gasteiger partial charge in [-0.2, -0.15) is 0 Å². The van der Waals surface area contributed by atoms with E-state index in [1.807, 2.05) is 0 Å². The Morgan fingerprint density at radius 3 is 2.89 bits per heavy atom. The third kappa shape index (κ3) is 5.26. The van der Waals surface area contributed by atoms with Gasteiger partial charge in [0, 0.05) is 18.4 Å². The molecule has 0 rings (SSSR count). The van der Waals surface area contributed by atoms with Crippen molar-refractivity contribution in [3.8, 4) is 11.8 Å². The summed E-state index contributed by atoms with van der Waals surface area (Å²) in [7, 11) is 0. The Kier molecular flexibility index (Phi) is 5.15. The van der Waals surface area contributed by atoms with Crippen LogP contribution in [0.2, 0.25) is 0 Å². The number of halogens is 1. The molecule has 0 radical (unpaired) electrons. The molecule has 0 saturated carbocycles. The van der Waals surface area contributed by atoms with E-state index in [2.05, 4.69) is 11.8 Å². The molecule has 0 spiro atoms. The summed E-state index contributed by atoms with van der Waals surface area (Å²) < 4.78 is 0. The van der Waals surface area contributed by atoms with E-state index in [9.17, 15) is 0 Å². The molecule has 0 saturated heterocycles. The standard InChI is InChI=1S/C7H9ClO/c1-2-3-4-7(9)5-6-8/h4,9H,5-6H2,1H3. The minimum absolute atomic E-state index is 0.249. The molecule has 0 aromatic carbocycles. The zero-order valence-electron chi connectivity index (χ0n) is 5.32. The van der Waals surface area contributed by atoms with Crippen LogP contribution in [0.15, 0.2) is 11.8 Å². The first-order valence-corrected chi connectivity index (χ1v) is 3.21. The lowest BCUT2D eigenvalue weighted by atomic mass is 10.3. The Balaban J connectivity index is 3.64. The van der Waals surface area contributed by atoms with E-state index in [0.717, 1.165) is 0 Å². The summed E-state index contributed by atoms with van der Waals surface area (Å²) >= 11 is 5.33. The van der Waals surface area contributed by atoms with Crippen LogP contribution in [0.4, 0.5) is 0 Å². The molecule has 0 atom stereocenters. The summed E-state index contributed by atoms with van der Waals surface area (Å²) in [5.74, 6) is 5.93. The molecule has 0 aromatic heterocycles. The van der Waals surface area contributed by atoms with Crippen molar-refractivity contribution in [3.05, 3.63) is 11.8 Å². The van der Waals surface area contributed by atoms with Crippen LogP contribution in [-0.2, 0) is 0 Å². The van der Waals surface area contributed by atoms with E-state index in [1.54, 1.807) is 6.92 Å². The molecule has 2 heteroatoms. The van der Waals surface area contributed by atoms with Crippen molar-refractivity contribution in [2.45, 2.75) is 13.3 Å². The first-order valence-electron chi connectivity index (χ1n) is 2.67. The van der Waals surface area contributed by atoms with Crippen LogP contribution in [0.25, 0.3) is 0 Å². The SMILES string of the molecule is CC#CC=C(O)CCCl. The number of alkyl halides is 1. The first kappa shape index (κ1) is 8.39. The number of rotatable bonds is 2. The Labute approximate surface area is 60.3 Å². The second-order valence-electron chi connectivity index (χ2n) is 1.47. The van der Waals surface area contributed by atoms with Crippen molar-refractivity contribution in [1.29, 1.82) is 0 Å².